The fraction of sp³-hybridized carbons (Fsp3) is 0.235. The monoisotopic (exact) mass is 323 g/mol. The maximum Gasteiger partial charge on any atom is 0.271 e. The van der Waals surface area contributed by atoms with Crippen molar-refractivity contribution in [1.82, 2.24) is 25.3 Å². The number of hydrogen-bond donors (Lipinski definition) is 3. The first kappa shape index (κ1) is 14.5. The Morgan fingerprint density at radius 1 is 1.25 bits per heavy atom. The Hall–Kier alpha value is -3.09. The lowest BCUT2D eigenvalue weighted by Gasteiger charge is -2.17. The van der Waals surface area contributed by atoms with E-state index in [0.717, 1.165) is 17.0 Å². The quantitative estimate of drug-likeness (QED) is 0.686. The van der Waals surface area contributed by atoms with Crippen molar-refractivity contribution in [2.45, 2.75) is 12.3 Å². The van der Waals surface area contributed by atoms with Crippen LogP contribution in [0.15, 0.2) is 36.7 Å². The number of benzene rings is 1. The predicted octanol–water partition coefficient (Wildman–Crippen LogP) is 1.88. The molecule has 3 aromatic rings. The molecule has 3 heterocycles. The Kier molecular flexibility index (Phi) is 3.53. The molecule has 24 heavy (non-hydrogen) atoms. The van der Waals surface area contributed by atoms with Crippen LogP contribution in [-0.2, 0) is 6.42 Å². The van der Waals surface area contributed by atoms with Gasteiger partial charge < -0.3 is 20.0 Å². The number of aromatic amines is 2. The van der Waals surface area contributed by atoms with Crippen molar-refractivity contribution in [3.8, 4) is 17.4 Å². The maximum absolute atomic E-state index is 12.4. The smallest absolute Gasteiger partial charge is 0.271 e. The summed E-state index contributed by atoms with van der Waals surface area (Å²) < 4.78 is 5.46. The number of amides is 1. The molecule has 1 aliphatic rings. The van der Waals surface area contributed by atoms with Crippen LogP contribution in [0.4, 0.5) is 0 Å². The van der Waals surface area contributed by atoms with Gasteiger partial charge in [-0.2, -0.15) is 0 Å². The number of ether oxygens (including phenoxy) is 1. The van der Waals surface area contributed by atoms with Gasteiger partial charge in [-0.1, -0.05) is 18.2 Å². The topological polar surface area (TPSA) is 95.7 Å². The van der Waals surface area contributed by atoms with Gasteiger partial charge in [-0.25, -0.2) is 9.97 Å². The minimum Gasteiger partial charge on any atom is -0.496 e. The van der Waals surface area contributed by atoms with Gasteiger partial charge in [0.25, 0.3) is 5.91 Å². The lowest BCUT2D eigenvalue weighted by atomic mass is 9.93. The molecule has 3 N–H and O–H groups in total. The van der Waals surface area contributed by atoms with Gasteiger partial charge in [-0.05, 0) is 18.1 Å². The lowest BCUT2D eigenvalue weighted by molar-refractivity contribution is 0.0950. The molecule has 1 aromatic carbocycles. The average molecular weight is 323 g/mol. The Morgan fingerprint density at radius 3 is 2.92 bits per heavy atom. The van der Waals surface area contributed by atoms with Crippen molar-refractivity contribution < 1.29 is 9.53 Å². The third-order valence-electron chi connectivity index (χ3n) is 4.25. The molecule has 7 heteroatoms. The molecule has 0 saturated carbocycles. The van der Waals surface area contributed by atoms with Crippen LogP contribution in [0.2, 0.25) is 0 Å². The number of aromatic nitrogens is 4. The fourth-order valence-corrected chi connectivity index (χ4v) is 3.09. The maximum atomic E-state index is 12.4. The zero-order chi connectivity index (χ0) is 16.5. The van der Waals surface area contributed by atoms with Crippen LogP contribution in [0.25, 0.3) is 11.6 Å². The summed E-state index contributed by atoms with van der Waals surface area (Å²) >= 11 is 0. The van der Waals surface area contributed by atoms with Gasteiger partial charge in [0, 0.05) is 30.6 Å². The van der Waals surface area contributed by atoms with E-state index in [4.69, 9.17) is 4.74 Å². The van der Waals surface area contributed by atoms with Gasteiger partial charge in [0.05, 0.1) is 7.11 Å². The van der Waals surface area contributed by atoms with Crippen molar-refractivity contribution in [3.63, 3.8) is 0 Å². The van der Waals surface area contributed by atoms with Gasteiger partial charge in [-0.15, -0.1) is 0 Å². The van der Waals surface area contributed by atoms with E-state index in [1.165, 1.54) is 0 Å². The van der Waals surface area contributed by atoms with Crippen molar-refractivity contribution in [3.05, 3.63) is 53.6 Å². The Morgan fingerprint density at radius 2 is 2.12 bits per heavy atom. The van der Waals surface area contributed by atoms with Crippen LogP contribution >= 0.6 is 0 Å². The molecule has 2 aromatic heterocycles. The van der Waals surface area contributed by atoms with Crippen molar-refractivity contribution >= 4 is 5.91 Å². The summed E-state index contributed by atoms with van der Waals surface area (Å²) in [6.45, 7) is 0.541. The van der Waals surface area contributed by atoms with E-state index in [-0.39, 0.29) is 11.8 Å². The average Bonchev–Trinajstić information content (AvgIpc) is 3.25. The Labute approximate surface area is 138 Å². The van der Waals surface area contributed by atoms with E-state index < -0.39 is 0 Å². The highest BCUT2D eigenvalue weighted by Gasteiger charge is 2.28. The van der Waals surface area contributed by atoms with E-state index >= 15 is 0 Å². The van der Waals surface area contributed by atoms with E-state index in [1.54, 1.807) is 19.5 Å². The summed E-state index contributed by atoms with van der Waals surface area (Å²) in [5.41, 5.74) is 2.31. The number of carbonyl (C=O) groups is 1. The second-order valence-electron chi connectivity index (χ2n) is 5.70. The standard InChI is InChI=1S/C17H17N5O2/c1-24-13-5-3-2-4-11(13)10-8-12-14(17(23)20-9-10)22-16(21-12)15-18-6-7-19-15/h2-7,10H,8-9H2,1H3,(H,18,19)(H,20,23)(H,21,22)/t10-/m1/s1. The van der Waals surface area contributed by atoms with E-state index in [1.807, 2.05) is 24.3 Å². The molecule has 0 radical (unpaired) electrons. The fourth-order valence-electron chi connectivity index (χ4n) is 3.09. The third kappa shape index (κ3) is 2.44. The van der Waals surface area contributed by atoms with E-state index in [0.29, 0.717) is 30.3 Å². The van der Waals surface area contributed by atoms with E-state index in [2.05, 4.69) is 25.3 Å². The Balaban J connectivity index is 1.72. The van der Waals surface area contributed by atoms with Crippen LogP contribution in [0.5, 0.6) is 5.75 Å². The van der Waals surface area contributed by atoms with Gasteiger partial charge in [0.2, 0.25) is 0 Å². The van der Waals surface area contributed by atoms with Gasteiger partial charge in [0.15, 0.2) is 11.6 Å². The number of H-pyrrole nitrogens is 2. The van der Waals surface area contributed by atoms with Crippen LogP contribution in [0.1, 0.15) is 27.7 Å². The third-order valence-corrected chi connectivity index (χ3v) is 4.25. The molecule has 0 saturated heterocycles. The number of carbonyl (C=O) groups excluding carboxylic acids is 1. The van der Waals surface area contributed by atoms with Gasteiger partial charge in [0.1, 0.15) is 11.4 Å². The summed E-state index contributed by atoms with van der Waals surface area (Å²) in [6.07, 6.45) is 4.05. The minimum absolute atomic E-state index is 0.108. The first-order valence-corrected chi connectivity index (χ1v) is 7.76. The Bertz CT molecular complexity index is 869. The molecule has 0 bridgehead atoms. The molecule has 0 unspecified atom stereocenters. The molecular weight excluding hydrogens is 306 g/mol. The molecule has 1 aliphatic heterocycles. The number of imidazole rings is 2. The lowest BCUT2D eigenvalue weighted by Crippen LogP contribution is -2.26. The van der Waals surface area contributed by atoms with Crippen LogP contribution in [0.3, 0.4) is 0 Å². The number of nitrogens with zero attached hydrogens (tertiary/aromatic N) is 2. The largest absolute Gasteiger partial charge is 0.496 e. The van der Waals surface area contributed by atoms with Gasteiger partial charge in [-0.3, -0.25) is 4.79 Å². The summed E-state index contributed by atoms with van der Waals surface area (Å²) in [6, 6.07) is 7.88. The highest BCUT2D eigenvalue weighted by atomic mass is 16.5. The van der Waals surface area contributed by atoms with Gasteiger partial charge >= 0.3 is 0 Å². The molecular formula is C17H17N5O2. The zero-order valence-corrected chi connectivity index (χ0v) is 13.2. The number of rotatable bonds is 3. The predicted molar refractivity (Wildman–Crippen MR) is 87.9 cm³/mol. The second-order valence-corrected chi connectivity index (χ2v) is 5.70. The summed E-state index contributed by atoms with van der Waals surface area (Å²) in [7, 11) is 1.66. The molecule has 7 nitrogen and oxygen atoms in total. The van der Waals surface area contributed by atoms with Crippen LogP contribution in [-0.4, -0.2) is 39.5 Å². The van der Waals surface area contributed by atoms with E-state index in [9.17, 15) is 4.79 Å². The van der Waals surface area contributed by atoms with Crippen molar-refractivity contribution in [2.24, 2.45) is 0 Å². The van der Waals surface area contributed by atoms with Crippen molar-refractivity contribution in [1.29, 1.82) is 0 Å². The summed E-state index contributed by atoms with van der Waals surface area (Å²) in [4.78, 5) is 27.2. The normalized spacial score (nSPS) is 17.0. The van der Waals surface area contributed by atoms with Crippen molar-refractivity contribution in [2.75, 3.05) is 13.7 Å². The molecule has 4 rings (SSSR count). The highest BCUT2D eigenvalue weighted by Crippen LogP contribution is 2.31. The SMILES string of the molecule is COc1ccccc1[C@H]1CNC(=O)c2nc(-c3ncc[nH]3)[nH]c2C1. The first-order valence-electron chi connectivity index (χ1n) is 7.76. The molecule has 0 aliphatic carbocycles. The number of fused-ring (bicyclic) bond motifs is 1. The summed E-state index contributed by atoms with van der Waals surface area (Å²) in [5.74, 6) is 1.95. The summed E-state index contributed by atoms with van der Waals surface area (Å²) in [5, 5.41) is 2.95. The first-order chi connectivity index (χ1) is 11.8. The zero-order valence-electron chi connectivity index (χ0n) is 13.2. The number of methoxy groups -OCH3 is 1. The number of para-hydroxylation sites is 1. The number of nitrogens with one attached hydrogen (secondary N) is 3. The molecule has 0 spiro atoms. The molecule has 1 atom stereocenters. The van der Waals surface area contributed by atoms with Crippen LogP contribution < -0.4 is 10.1 Å². The van der Waals surface area contributed by atoms with Crippen LogP contribution in [0, 0.1) is 0 Å². The minimum atomic E-state index is -0.170. The highest BCUT2D eigenvalue weighted by molar-refractivity contribution is 5.94. The molecule has 1 amide bonds. The number of hydrogen-bond acceptors (Lipinski definition) is 4. The second kappa shape index (κ2) is 5.84. The molecule has 0 fully saturated rings. The molecule has 122 valence electrons.